The zero-order chi connectivity index (χ0) is 16.9. The number of aliphatic hydroxyl groups excluding tert-OH is 1. The molecule has 24 heavy (non-hydrogen) atoms. The largest absolute Gasteiger partial charge is 0.395 e. The Balaban J connectivity index is 1.67. The van der Waals surface area contributed by atoms with E-state index in [1.165, 1.54) is 12.1 Å². The van der Waals surface area contributed by atoms with E-state index in [4.69, 9.17) is 0 Å². The molecule has 2 heterocycles. The molecule has 1 saturated heterocycles. The molecule has 2 aromatic rings. The van der Waals surface area contributed by atoms with Gasteiger partial charge in [0.15, 0.2) is 0 Å². The van der Waals surface area contributed by atoms with Crippen molar-refractivity contribution in [2.75, 3.05) is 26.2 Å². The first-order valence-electron chi connectivity index (χ1n) is 8.20. The summed E-state index contributed by atoms with van der Waals surface area (Å²) in [4.78, 5) is 2.23. The number of aliphatic hydroxyl groups is 1. The van der Waals surface area contributed by atoms with Gasteiger partial charge in [-0.05, 0) is 17.7 Å². The predicted octanol–water partition coefficient (Wildman–Crippen LogP) is 0.819. The van der Waals surface area contributed by atoms with Crippen molar-refractivity contribution in [3.63, 3.8) is 0 Å². The molecule has 0 amide bonds. The van der Waals surface area contributed by atoms with E-state index < -0.39 is 0 Å². The molecule has 3 rings (SSSR count). The number of nitrogens with zero attached hydrogens (tertiary/aromatic N) is 3. The summed E-state index contributed by atoms with van der Waals surface area (Å²) < 4.78 is 14.9. The van der Waals surface area contributed by atoms with Gasteiger partial charge in [0.2, 0.25) is 0 Å². The van der Waals surface area contributed by atoms with Gasteiger partial charge in [-0.15, -0.1) is 0 Å². The van der Waals surface area contributed by atoms with Crippen molar-refractivity contribution in [2.45, 2.75) is 12.6 Å². The summed E-state index contributed by atoms with van der Waals surface area (Å²) in [5, 5.41) is 13.6. The molecule has 1 aliphatic heterocycles. The van der Waals surface area contributed by atoms with Gasteiger partial charge in [0.1, 0.15) is 5.82 Å². The SMILES string of the molecule is Cn1cc(CN(CCO)CC2CNNC2c2ccc(F)cc2)cn1. The second kappa shape index (κ2) is 7.85. The van der Waals surface area contributed by atoms with Crippen molar-refractivity contribution in [1.82, 2.24) is 25.5 Å². The minimum Gasteiger partial charge on any atom is -0.395 e. The monoisotopic (exact) mass is 333 g/mol. The van der Waals surface area contributed by atoms with Crippen LogP contribution in [0.3, 0.4) is 0 Å². The van der Waals surface area contributed by atoms with Crippen LogP contribution in [-0.4, -0.2) is 46.0 Å². The fourth-order valence-electron chi connectivity index (χ4n) is 3.25. The van der Waals surface area contributed by atoms with E-state index in [-0.39, 0.29) is 18.5 Å². The van der Waals surface area contributed by atoms with E-state index in [9.17, 15) is 9.50 Å². The molecule has 2 unspecified atom stereocenters. The fraction of sp³-hybridized carbons (Fsp3) is 0.471. The van der Waals surface area contributed by atoms with E-state index in [0.717, 1.165) is 30.8 Å². The lowest BCUT2D eigenvalue weighted by Crippen LogP contribution is -2.34. The number of hydrogen-bond acceptors (Lipinski definition) is 5. The Bertz CT molecular complexity index is 645. The molecule has 1 aromatic heterocycles. The van der Waals surface area contributed by atoms with Crippen LogP contribution in [0, 0.1) is 11.7 Å². The summed E-state index contributed by atoms with van der Waals surface area (Å²) in [6, 6.07) is 6.76. The molecule has 1 aromatic carbocycles. The highest BCUT2D eigenvalue weighted by Gasteiger charge is 2.29. The van der Waals surface area contributed by atoms with Gasteiger partial charge >= 0.3 is 0 Å². The minimum absolute atomic E-state index is 0.120. The molecule has 130 valence electrons. The van der Waals surface area contributed by atoms with Crippen LogP contribution in [-0.2, 0) is 13.6 Å². The summed E-state index contributed by atoms with van der Waals surface area (Å²) in [5.74, 6) is 0.110. The highest BCUT2D eigenvalue weighted by Crippen LogP contribution is 2.26. The van der Waals surface area contributed by atoms with Crippen LogP contribution >= 0.6 is 0 Å². The maximum Gasteiger partial charge on any atom is 0.123 e. The van der Waals surface area contributed by atoms with Crippen molar-refractivity contribution in [3.05, 3.63) is 53.6 Å². The summed E-state index contributed by atoms with van der Waals surface area (Å²) in [5.41, 5.74) is 8.68. The second-order valence-corrected chi connectivity index (χ2v) is 6.30. The van der Waals surface area contributed by atoms with Gasteiger partial charge in [0.25, 0.3) is 0 Å². The number of aryl methyl sites for hydroxylation is 1. The molecule has 0 bridgehead atoms. The van der Waals surface area contributed by atoms with E-state index in [0.29, 0.717) is 12.5 Å². The molecule has 3 N–H and O–H groups in total. The molecule has 0 spiro atoms. The molecule has 2 atom stereocenters. The third-order valence-corrected chi connectivity index (χ3v) is 4.40. The first kappa shape index (κ1) is 17.0. The number of benzene rings is 1. The van der Waals surface area contributed by atoms with Gasteiger partial charge in [-0.1, -0.05) is 12.1 Å². The normalized spacial score (nSPS) is 20.8. The lowest BCUT2D eigenvalue weighted by molar-refractivity contribution is 0.167. The maximum atomic E-state index is 13.1. The summed E-state index contributed by atoms with van der Waals surface area (Å²) in [6.45, 7) is 3.14. The molecule has 0 aliphatic carbocycles. The van der Waals surface area contributed by atoms with Gasteiger partial charge in [-0.25, -0.2) is 9.82 Å². The van der Waals surface area contributed by atoms with Gasteiger partial charge in [0, 0.05) is 50.9 Å². The first-order chi connectivity index (χ1) is 11.7. The molecular weight excluding hydrogens is 309 g/mol. The molecule has 7 heteroatoms. The van der Waals surface area contributed by atoms with Crippen LogP contribution in [0.2, 0.25) is 0 Å². The molecule has 0 radical (unpaired) electrons. The minimum atomic E-state index is -0.222. The highest BCUT2D eigenvalue weighted by molar-refractivity contribution is 5.21. The first-order valence-corrected chi connectivity index (χ1v) is 8.20. The Morgan fingerprint density at radius 3 is 2.83 bits per heavy atom. The van der Waals surface area contributed by atoms with E-state index >= 15 is 0 Å². The van der Waals surface area contributed by atoms with Crippen molar-refractivity contribution >= 4 is 0 Å². The van der Waals surface area contributed by atoms with E-state index in [2.05, 4.69) is 20.9 Å². The zero-order valence-electron chi connectivity index (χ0n) is 13.8. The lowest BCUT2D eigenvalue weighted by Gasteiger charge is -2.27. The molecule has 6 nitrogen and oxygen atoms in total. The number of nitrogens with one attached hydrogen (secondary N) is 2. The van der Waals surface area contributed by atoms with Crippen LogP contribution in [0.25, 0.3) is 0 Å². The predicted molar refractivity (Wildman–Crippen MR) is 89.3 cm³/mol. The Morgan fingerprint density at radius 1 is 1.38 bits per heavy atom. The van der Waals surface area contributed by atoms with Crippen molar-refractivity contribution < 1.29 is 9.50 Å². The zero-order valence-corrected chi connectivity index (χ0v) is 13.8. The Labute approximate surface area is 141 Å². The maximum absolute atomic E-state index is 13.1. The third kappa shape index (κ3) is 4.18. The third-order valence-electron chi connectivity index (χ3n) is 4.40. The Kier molecular flexibility index (Phi) is 5.57. The Morgan fingerprint density at radius 2 is 2.17 bits per heavy atom. The number of rotatable bonds is 7. The van der Waals surface area contributed by atoms with Crippen molar-refractivity contribution in [2.24, 2.45) is 13.0 Å². The van der Waals surface area contributed by atoms with Gasteiger partial charge < -0.3 is 5.11 Å². The number of aromatic nitrogens is 2. The average Bonchev–Trinajstić information content (AvgIpc) is 3.18. The molecule has 1 fully saturated rings. The van der Waals surface area contributed by atoms with Crippen molar-refractivity contribution in [1.29, 1.82) is 0 Å². The van der Waals surface area contributed by atoms with E-state index in [1.54, 1.807) is 4.68 Å². The quantitative estimate of drug-likeness (QED) is 0.700. The van der Waals surface area contributed by atoms with Crippen LogP contribution in [0.4, 0.5) is 4.39 Å². The van der Waals surface area contributed by atoms with Gasteiger partial charge in [-0.3, -0.25) is 15.0 Å². The molecule has 1 aliphatic rings. The van der Waals surface area contributed by atoms with Crippen LogP contribution in [0.1, 0.15) is 17.2 Å². The Hall–Kier alpha value is -1.80. The van der Waals surface area contributed by atoms with Crippen LogP contribution in [0.5, 0.6) is 0 Å². The standard InChI is InChI=1S/C17H24FN5O/c1-22-10-13(8-20-22)11-23(6-7-24)12-15-9-19-21-17(15)14-2-4-16(18)5-3-14/h2-5,8,10,15,17,19,21,24H,6-7,9,11-12H2,1H3. The van der Waals surface area contributed by atoms with Gasteiger partial charge in [0.05, 0.1) is 18.8 Å². The topological polar surface area (TPSA) is 65.3 Å². The number of hydrogen-bond donors (Lipinski definition) is 3. The smallest absolute Gasteiger partial charge is 0.123 e. The fourth-order valence-corrected chi connectivity index (χ4v) is 3.25. The van der Waals surface area contributed by atoms with Crippen LogP contribution in [0.15, 0.2) is 36.7 Å². The van der Waals surface area contributed by atoms with Gasteiger partial charge in [-0.2, -0.15) is 5.10 Å². The lowest BCUT2D eigenvalue weighted by atomic mass is 9.94. The summed E-state index contributed by atoms with van der Waals surface area (Å²) in [6.07, 6.45) is 3.85. The average molecular weight is 333 g/mol. The van der Waals surface area contributed by atoms with Crippen molar-refractivity contribution in [3.8, 4) is 0 Å². The van der Waals surface area contributed by atoms with E-state index in [1.807, 2.05) is 31.6 Å². The van der Waals surface area contributed by atoms with Crippen LogP contribution < -0.4 is 10.9 Å². The summed E-state index contributed by atoms with van der Waals surface area (Å²) in [7, 11) is 1.90. The highest BCUT2D eigenvalue weighted by atomic mass is 19.1. The number of halogens is 1. The number of hydrazine groups is 1. The second-order valence-electron chi connectivity index (χ2n) is 6.30. The molecular formula is C17H24FN5O. The molecule has 0 saturated carbocycles. The summed E-state index contributed by atoms with van der Waals surface area (Å²) >= 11 is 0.